The lowest BCUT2D eigenvalue weighted by Gasteiger charge is -2.23. The topological polar surface area (TPSA) is 93.3 Å². The number of nitrogens with zero attached hydrogens (tertiary/aromatic N) is 4. The van der Waals surface area contributed by atoms with Crippen molar-refractivity contribution in [3.05, 3.63) is 46.3 Å². The van der Waals surface area contributed by atoms with Gasteiger partial charge in [0.1, 0.15) is 28.6 Å². The Hall–Kier alpha value is -1.84. The molecule has 1 atom stereocenters. The van der Waals surface area contributed by atoms with Crippen molar-refractivity contribution in [3.8, 4) is 0 Å². The maximum absolute atomic E-state index is 12.3. The highest BCUT2D eigenvalue weighted by atomic mass is 35.5. The number of aromatic nitrogens is 2. The Kier molecular flexibility index (Phi) is 7.67. The first-order valence-corrected chi connectivity index (χ1v) is 10.1. The minimum atomic E-state index is -1.45. The molecule has 142 valence electrons. The number of halogens is 2. The van der Waals surface area contributed by atoms with E-state index in [9.17, 15) is 14.3 Å². The molecule has 26 heavy (non-hydrogen) atoms. The van der Waals surface area contributed by atoms with Gasteiger partial charge in [-0.2, -0.15) is 0 Å². The molecule has 0 fully saturated rings. The summed E-state index contributed by atoms with van der Waals surface area (Å²) in [6, 6.07) is 7.42. The van der Waals surface area contributed by atoms with Gasteiger partial charge >= 0.3 is 5.95 Å². The number of imidazole rings is 1. The lowest BCUT2D eigenvalue weighted by molar-refractivity contribution is -0.396. The summed E-state index contributed by atoms with van der Waals surface area (Å²) >= 11 is 11.6. The molecular weight excluding hydrogens is 401 g/mol. The van der Waals surface area contributed by atoms with Crippen molar-refractivity contribution < 1.29 is 9.13 Å². The fraction of sp³-hybridized carbons (Fsp3) is 0.400. The monoisotopic (exact) mass is 419 g/mol. The highest BCUT2D eigenvalue weighted by Crippen LogP contribution is 2.19. The number of rotatable bonds is 10. The second kappa shape index (κ2) is 9.75. The molecule has 1 aromatic carbocycles. The number of nitrogens with one attached hydrogen (secondary N) is 1. The van der Waals surface area contributed by atoms with Crippen molar-refractivity contribution in [1.82, 2.24) is 9.55 Å². The number of nitro groups is 1. The highest BCUT2D eigenvalue weighted by Gasteiger charge is 2.19. The number of benzene rings is 1. The third-order valence-corrected chi connectivity index (χ3v) is 5.03. The molecule has 2 rings (SSSR count). The number of anilines is 2. The quantitative estimate of drug-likeness (QED) is 0.363. The largest absolute Gasteiger partial charge is 0.434 e. The van der Waals surface area contributed by atoms with Crippen molar-refractivity contribution >= 4 is 51.5 Å². The van der Waals surface area contributed by atoms with Crippen LogP contribution in [0.15, 0.2) is 30.5 Å². The average molecular weight is 420 g/mol. The van der Waals surface area contributed by atoms with Gasteiger partial charge in [-0.15, -0.1) is 23.2 Å². The molecule has 1 unspecified atom stereocenters. The van der Waals surface area contributed by atoms with E-state index in [2.05, 4.69) is 14.6 Å². The Labute approximate surface area is 163 Å². The first-order valence-electron chi connectivity index (χ1n) is 7.73. The van der Waals surface area contributed by atoms with Gasteiger partial charge in [-0.05, 0) is 29.2 Å². The average Bonchev–Trinajstić information content (AvgIpc) is 2.96. The van der Waals surface area contributed by atoms with E-state index in [0.29, 0.717) is 36.2 Å². The Morgan fingerprint density at radius 1 is 1.27 bits per heavy atom. The van der Waals surface area contributed by atoms with E-state index in [-0.39, 0.29) is 11.7 Å². The van der Waals surface area contributed by atoms with Gasteiger partial charge in [-0.3, -0.25) is 0 Å². The molecule has 1 aromatic heterocycles. The van der Waals surface area contributed by atoms with Crippen molar-refractivity contribution in [2.24, 2.45) is 7.05 Å². The normalized spacial score (nSPS) is 12.0. The molecule has 0 radical (unpaired) electrons. The molecule has 0 saturated heterocycles. The summed E-state index contributed by atoms with van der Waals surface area (Å²) in [5, 5.41) is 10.8. The van der Waals surface area contributed by atoms with Crippen LogP contribution < -0.4 is 9.62 Å². The molecule has 0 amide bonds. The van der Waals surface area contributed by atoms with E-state index in [1.54, 1.807) is 0 Å². The van der Waals surface area contributed by atoms with Crippen LogP contribution in [0.4, 0.5) is 17.3 Å². The summed E-state index contributed by atoms with van der Waals surface area (Å²) in [4.78, 5) is 16.0. The maximum Gasteiger partial charge on any atom is 0.434 e. The standard InChI is InChI=1S/C15H19Cl2N5O3S/c1-20-14(10-18-15(20)22(23)24)11-26(25)19-12-2-4-13(5-3-12)21(8-6-16)9-7-17/h2-5,10,19H,6-9,11H2,1H3. The van der Waals surface area contributed by atoms with Gasteiger partial charge < -0.3 is 19.7 Å². The molecule has 1 heterocycles. The molecular formula is C15H19Cl2N5O3S. The molecule has 0 spiro atoms. The minimum Gasteiger partial charge on any atom is -0.390 e. The van der Waals surface area contributed by atoms with Crippen molar-refractivity contribution in [1.29, 1.82) is 0 Å². The van der Waals surface area contributed by atoms with E-state index in [1.807, 2.05) is 24.3 Å². The van der Waals surface area contributed by atoms with Crippen LogP contribution in [0.25, 0.3) is 0 Å². The first-order chi connectivity index (χ1) is 12.5. The van der Waals surface area contributed by atoms with Crippen LogP contribution >= 0.6 is 23.2 Å². The molecule has 11 heteroatoms. The van der Waals surface area contributed by atoms with E-state index in [4.69, 9.17) is 23.2 Å². The van der Waals surface area contributed by atoms with Gasteiger partial charge in [0, 0.05) is 36.2 Å². The fourth-order valence-electron chi connectivity index (χ4n) is 2.35. The van der Waals surface area contributed by atoms with Crippen LogP contribution in [0.2, 0.25) is 0 Å². The zero-order valence-corrected chi connectivity index (χ0v) is 16.4. The SMILES string of the molecule is Cn1c(CS(=O)Nc2ccc(N(CCCl)CCCl)cc2)cnc1[N+](=O)[O-]. The van der Waals surface area contributed by atoms with Gasteiger partial charge in [0.05, 0.1) is 7.05 Å². The van der Waals surface area contributed by atoms with Crippen LogP contribution in [0.1, 0.15) is 5.69 Å². The van der Waals surface area contributed by atoms with E-state index < -0.39 is 15.9 Å². The Bertz CT molecular complexity index is 763. The summed E-state index contributed by atoms with van der Waals surface area (Å²) in [6.07, 6.45) is 1.36. The second-order valence-corrected chi connectivity index (χ2v) is 7.31. The molecule has 0 aliphatic rings. The molecule has 0 aliphatic heterocycles. The Morgan fingerprint density at radius 3 is 2.38 bits per heavy atom. The van der Waals surface area contributed by atoms with E-state index in [0.717, 1.165) is 5.69 Å². The zero-order chi connectivity index (χ0) is 19.1. The summed E-state index contributed by atoms with van der Waals surface area (Å²) < 4.78 is 16.5. The maximum atomic E-state index is 12.3. The molecule has 2 aromatic rings. The van der Waals surface area contributed by atoms with Gasteiger partial charge in [-0.25, -0.2) is 8.78 Å². The molecule has 8 nitrogen and oxygen atoms in total. The Morgan fingerprint density at radius 2 is 1.88 bits per heavy atom. The fourth-order valence-corrected chi connectivity index (χ4v) is 3.77. The summed E-state index contributed by atoms with van der Waals surface area (Å²) in [5.74, 6) is 0.819. The predicted molar refractivity (Wildman–Crippen MR) is 105 cm³/mol. The lowest BCUT2D eigenvalue weighted by Crippen LogP contribution is -2.27. The van der Waals surface area contributed by atoms with Gasteiger partial charge in [-0.1, -0.05) is 4.98 Å². The summed E-state index contributed by atoms with van der Waals surface area (Å²) in [5.41, 5.74) is 2.17. The van der Waals surface area contributed by atoms with E-state index >= 15 is 0 Å². The zero-order valence-electron chi connectivity index (χ0n) is 14.1. The van der Waals surface area contributed by atoms with Crippen LogP contribution in [0.3, 0.4) is 0 Å². The summed E-state index contributed by atoms with van der Waals surface area (Å²) in [6.45, 7) is 1.37. The van der Waals surface area contributed by atoms with Gasteiger partial charge in [0.25, 0.3) is 0 Å². The van der Waals surface area contributed by atoms with Gasteiger partial charge in [0.2, 0.25) is 0 Å². The lowest BCUT2D eigenvalue weighted by atomic mass is 10.2. The minimum absolute atomic E-state index is 0.101. The molecule has 0 bridgehead atoms. The highest BCUT2D eigenvalue weighted by molar-refractivity contribution is 7.85. The number of alkyl halides is 2. The molecule has 1 N–H and O–H groups in total. The number of hydrogen-bond donors (Lipinski definition) is 1. The van der Waals surface area contributed by atoms with Crippen LogP contribution in [-0.2, 0) is 23.8 Å². The molecule has 0 aliphatic carbocycles. The van der Waals surface area contributed by atoms with Crippen molar-refractivity contribution in [2.75, 3.05) is 34.5 Å². The smallest absolute Gasteiger partial charge is 0.390 e. The third kappa shape index (κ3) is 5.33. The predicted octanol–water partition coefficient (Wildman–Crippen LogP) is 2.89. The number of hydrogen-bond acceptors (Lipinski definition) is 5. The van der Waals surface area contributed by atoms with Crippen LogP contribution in [0.5, 0.6) is 0 Å². The summed E-state index contributed by atoms with van der Waals surface area (Å²) in [7, 11) is 0.0771. The van der Waals surface area contributed by atoms with Gasteiger partial charge in [0.15, 0.2) is 0 Å². The Balaban J connectivity index is 2.00. The first kappa shape index (κ1) is 20.5. The van der Waals surface area contributed by atoms with Crippen molar-refractivity contribution in [3.63, 3.8) is 0 Å². The van der Waals surface area contributed by atoms with E-state index in [1.165, 1.54) is 17.8 Å². The molecule has 0 saturated carbocycles. The van der Waals surface area contributed by atoms with Crippen LogP contribution in [-0.4, -0.2) is 43.5 Å². The van der Waals surface area contributed by atoms with Crippen molar-refractivity contribution in [2.45, 2.75) is 5.75 Å². The third-order valence-electron chi connectivity index (χ3n) is 3.68. The second-order valence-electron chi connectivity index (χ2n) is 5.37. The van der Waals surface area contributed by atoms with Crippen LogP contribution in [0, 0.1) is 10.1 Å².